The van der Waals surface area contributed by atoms with Crippen LogP contribution in [0.5, 0.6) is 0 Å². The Bertz CT molecular complexity index is 361. The van der Waals surface area contributed by atoms with Crippen LogP contribution >= 0.6 is 24.0 Å². The van der Waals surface area contributed by atoms with Gasteiger partial charge in [0.25, 0.3) is 0 Å². The lowest BCUT2D eigenvalue weighted by molar-refractivity contribution is -0.120. The first-order chi connectivity index (χ1) is 7.75. The van der Waals surface area contributed by atoms with Gasteiger partial charge in [-0.05, 0) is 50.2 Å². The Morgan fingerprint density at radius 2 is 1.82 bits per heavy atom. The number of hydrogen-bond acceptors (Lipinski definition) is 2. The highest BCUT2D eigenvalue weighted by molar-refractivity contribution is 6.30. The second-order valence-corrected chi connectivity index (χ2v) is 4.46. The van der Waals surface area contributed by atoms with Crippen molar-refractivity contribution in [2.24, 2.45) is 5.92 Å². The van der Waals surface area contributed by atoms with Crippen LogP contribution in [0.4, 0.5) is 5.69 Å². The molecule has 17 heavy (non-hydrogen) atoms. The summed E-state index contributed by atoms with van der Waals surface area (Å²) in [5.74, 6) is 0.251. The maximum absolute atomic E-state index is 11.9. The monoisotopic (exact) mass is 274 g/mol. The lowest BCUT2D eigenvalue weighted by Gasteiger charge is -2.21. The summed E-state index contributed by atoms with van der Waals surface area (Å²) in [6, 6.07) is 7.20. The molecule has 1 heterocycles. The number of rotatable bonds is 2. The number of carbonyl (C=O) groups is 1. The van der Waals surface area contributed by atoms with Crippen LogP contribution in [-0.2, 0) is 4.79 Å². The summed E-state index contributed by atoms with van der Waals surface area (Å²) in [6.45, 7) is 1.86. The Labute approximate surface area is 112 Å². The van der Waals surface area contributed by atoms with Crippen LogP contribution in [0.15, 0.2) is 24.3 Å². The standard InChI is InChI=1S/C12H15ClN2O.ClH/c13-10-1-3-11(4-2-10)15-12(16)9-5-7-14-8-6-9;/h1-4,9,14H,5-8H2,(H,15,16);1H. The van der Waals surface area contributed by atoms with E-state index in [1.165, 1.54) is 0 Å². The molecule has 1 saturated heterocycles. The highest BCUT2D eigenvalue weighted by atomic mass is 35.5. The van der Waals surface area contributed by atoms with E-state index in [2.05, 4.69) is 10.6 Å². The predicted octanol–water partition coefficient (Wildman–Crippen LogP) is 2.70. The molecule has 1 aromatic rings. The number of benzene rings is 1. The van der Waals surface area contributed by atoms with Gasteiger partial charge in [-0.2, -0.15) is 0 Å². The van der Waals surface area contributed by atoms with E-state index in [0.717, 1.165) is 31.6 Å². The van der Waals surface area contributed by atoms with E-state index < -0.39 is 0 Å². The number of anilines is 1. The van der Waals surface area contributed by atoms with E-state index in [4.69, 9.17) is 11.6 Å². The molecule has 2 N–H and O–H groups in total. The van der Waals surface area contributed by atoms with Gasteiger partial charge in [0, 0.05) is 16.6 Å². The van der Waals surface area contributed by atoms with Crippen molar-refractivity contribution in [3.05, 3.63) is 29.3 Å². The van der Waals surface area contributed by atoms with Gasteiger partial charge in [0.15, 0.2) is 0 Å². The Kier molecular flexibility index (Phi) is 5.75. The first-order valence-electron chi connectivity index (χ1n) is 5.53. The van der Waals surface area contributed by atoms with Crippen LogP contribution in [0.2, 0.25) is 5.02 Å². The molecular weight excluding hydrogens is 259 g/mol. The Balaban J connectivity index is 0.00000144. The first kappa shape index (κ1) is 14.3. The normalized spacial score (nSPS) is 16.1. The van der Waals surface area contributed by atoms with Crippen molar-refractivity contribution in [1.29, 1.82) is 0 Å². The third kappa shape index (κ3) is 4.19. The number of carbonyl (C=O) groups excluding carboxylic acids is 1. The van der Waals surface area contributed by atoms with Gasteiger partial charge < -0.3 is 10.6 Å². The van der Waals surface area contributed by atoms with E-state index in [1.807, 2.05) is 12.1 Å². The molecule has 1 aliphatic heterocycles. The molecule has 1 aromatic carbocycles. The molecule has 3 nitrogen and oxygen atoms in total. The summed E-state index contributed by atoms with van der Waals surface area (Å²) in [7, 11) is 0. The number of piperidine rings is 1. The van der Waals surface area contributed by atoms with E-state index in [-0.39, 0.29) is 24.2 Å². The third-order valence-corrected chi connectivity index (χ3v) is 3.07. The molecule has 0 radical (unpaired) electrons. The minimum absolute atomic E-state index is 0. The van der Waals surface area contributed by atoms with Crippen molar-refractivity contribution in [2.45, 2.75) is 12.8 Å². The van der Waals surface area contributed by atoms with Crippen molar-refractivity contribution in [3.63, 3.8) is 0 Å². The average Bonchev–Trinajstić information content (AvgIpc) is 2.33. The van der Waals surface area contributed by atoms with Crippen molar-refractivity contribution in [2.75, 3.05) is 18.4 Å². The maximum Gasteiger partial charge on any atom is 0.227 e. The molecule has 0 aliphatic carbocycles. The zero-order valence-electron chi connectivity index (χ0n) is 9.41. The van der Waals surface area contributed by atoms with Crippen molar-refractivity contribution in [3.8, 4) is 0 Å². The van der Waals surface area contributed by atoms with Crippen LogP contribution < -0.4 is 10.6 Å². The number of hydrogen-bond donors (Lipinski definition) is 2. The largest absolute Gasteiger partial charge is 0.326 e. The van der Waals surface area contributed by atoms with E-state index >= 15 is 0 Å². The highest BCUT2D eigenvalue weighted by Gasteiger charge is 2.20. The Morgan fingerprint density at radius 1 is 1.24 bits per heavy atom. The lowest BCUT2D eigenvalue weighted by atomic mass is 9.97. The average molecular weight is 275 g/mol. The molecule has 0 bridgehead atoms. The molecule has 94 valence electrons. The summed E-state index contributed by atoms with van der Waals surface area (Å²) >= 11 is 5.78. The van der Waals surface area contributed by atoms with E-state index in [1.54, 1.807) is 12.1 Å². The van der Waals surface area contributed by atoms with Gasteiger partial charge in [-0.25, -0.2) is 0 Å². The van der Waals surface area contributed by atoms with Gasteiger partial charge >= 0.3 is 0 Å². The summed E-state index contributed by atoms with van der Waals surface area (Å²) in [5, 5.41) is 6.84. The van der Waals surface area contributed by atoms with E-state index in [9.17, 15) is 4.79 Å². The number of amides is 1. The first-order valence-corrected chi connectivity index (χ1v) is 5.90. The van der Waals surface area contributed by atoms with Crippen molar-refractivity contribution >= 4 is 35.6 Å². The van der Waals surface area contributed by atoms with Crippen LogP contribution in [-0.4, -0.2) is 19.0 Å². The molecule has 1 amide bonds. The second kappa shape index (κ2) is 6.84. The predicted molar refractivity (Wildman–Crippen MR) is 72.9 cm³/mol. The minimum Gasteiger partial charge on any atom is -0.326 e. The molecule has 0 spiro atoms. The van der Waals surface area contributed by atoms with Crippen LogP contribution in [0.3, 0.4) is 0 Å². The van der Waals surface area contributed by atoms with Gasteiger partial charge in [0.05, 0.1) is 0 Å². The van der Waals surface area contributed by atoms with Gasteiger partial charge in [-0.3, -0.25) is 4.79 Å². The fourth-order valence-electron chi connectivity index (χ4n) is 1.86. The molecule has 0 atom stereocenters. The van der Waals surface area contributed by atoms with Gasteiger partial charge in [-0.15, -0.1) is 12.4 Å². The molecule has 0 saturated carbocycles. The summed E-state index contributed by atoms with van der Waals surface area (Å²) in [5.41, 5.74) is 0.813. The van der Waals surface area contributed by atoms with Gasteiger partial charge in [0.1, 0.15) is 0 Å². The van der Waals surface area contributed by atoms with Crippen molar-refractivity contribution < 1.29 is 4.79 Å². The molecule has 2 rings (SSSR count). The fraction of sp³-hybridized carbons (Fsp3) is 0.417. The van der Waals surface area contributed by atoms with Gasteiger partial charge in [0.2, 0.25) is 5.91 Å². The molecule has 0 aromatic heterocycles. The number of halogens is 2. The molecule has 0 unspecified atom stereocenters. The van der Waals surface area contributed by atoms with Crippen LogP contribution in [0, 0.1) is 5.92 Å². The van der Waals surface area contributed by atoms with Crippen LogP contribution in [0.1, 0.15) is 12.8 Å². The lowest BCUT2D eigenvalue weighted by Crippen LogP contribution is -2.34. The highest BCUT2D eigenvalue weighted by Crippen LogP contribution is 2.17. The Morgan fingerprint density at radius 3 is 2.41 bits per heavy atom. The summed E-state index contributed by atoms with van der Waals surface area (Å²) in [4.78, 5) is 11.9. The molecule has 1 aliphatic rings. The zero-order valence-corrected chi connectivity index (χ0v) is 11.0. The fourth-order valence-corrected chi connectivity index (χ4v) is 1.99. The topological polar surface area (TPSA) is 41.1 Å². The quantitative estimate of drug-likeness (QED) is 0.871. The molecule has 1 fully saturated rings. The maximum atomic E-state index is 11.9. The zero-order chi connectivity index (χ0) is 11.4. The molecular formula is C12H16Cl2N2O. The SMILES string of the molecule is Cl.O=C(Nc1ccc(Cl)cc1)C1CCNCC1. The second-order valence-electron chi connectivity index (χ2n) is 4.02. The minimum atomic E-state index is 0. The molecule has 5 heteroatoms. The van der Waals surface area contributed by atoms with Gasteiger partial charge in [-0.1, -0.05) is 11.6 Å². The smallest absolute Gasteiger partial charge is 0.227 e. The summed E-state index contributed by atoms with van der Waals surface area (Å²) < 4.78 is 0. The third-order valence-electron chi connectivity index (χ3n) is 2.82. The Hall–Kier alpha value is -0.770. The van der Waals surface area contributed by atoms with Crippen LogP contribution in [0.25, 0.3) is 0 Å². The van der Waals surface area contributed by atoms with E-state index in [0.29, 0.717) is 5.02 Å². The number of nitrogens with one attached hydrogen (secondary N) is 2. The summed E-state index contributed by atoms with van der Waals surface area (Å²) in [6.07, 6.45) is 1.83. The van der Waals surface area contributed by atoms with Crippen molar-refractivity contribution in [1.82, 2.24) is 5.32 Å².